The maximum Gasteiger partial charge on any atom is 0.277 e. The molecule has 0 radical (unpaired) electrons. The van der Waals surface area contributed by atoms with E-state index in [1.807, 2.05) is 6.07 Å². The molecule has 8 heteroatoms. The van der Waals surface area contributed by atoms with Gasteiger partial charge in [-0.25, -0.2) is 0 Å². The molecule has 0 aliphatic rings. The van der Waals surface area contributed by atoms with Crippen molar-refractivity contribution in [2.75, 3.05) is 0 Å². The van der Waals surface area contributed by atoms with Crippen LogP contribution in [0, 0.1) is 10.1 Å². The van der Waals surface area contributed by atoms with Crippen molar-refractivity contribution in [3.8, 4) is 11.5 Å². The fourth-order valence-corrected chi connectivity index (χ4v) is 2.38. The van der Waals surface area contributed by atoms with Crippen LogP contribution in [0.2, 0.25) is 0 Å². The fourth-order valence-electron chi connectivity index (χ4n) is 1.68. The molecule has 0 aliphatic carbocycles. The van der Waals surface area contributed by atoms with E-state index in [9.17, 15) is 10.1 Å². The SMILES string of the molecule is O=[N+]([O-])c1cccc(CSc2nnc(-c3ccoc3)o2)c1. The number of furan rings is 1. The average molecular weight is 303 g/mol. The Morgan fingerprint density at radius 2 is 2.19 bits per heavy atom. The van der Waals surface area contributed by atoms with Crippen LogP contribution in [0.25, 0.3) is 11.5 Å². The number of hydrogen-bond acceptors (Lipinski definition) is 7. The van der Waals surface area contributed by atoms with E-state index in [4.69, 9.17) is 8.83 Å². The molecule has 3 aromatic rings. The summed E-state index contributed by atoms with van der Waals surface area (Å²) in [4.78, 5) is 10.3. The molecule has 0 bridgehead atoms. The predicted molar refractivity (Wildman–Crippen MR) is 74.7 cm³/mol. The highest BCUT2D eigenvalue weighted by Crippen LogP contribution is 2.26. The lowest BCUT2D eigenvalue weighted by Gasteiger charge is -1.98. The largest absolute Gasteiger partial charge is 0.472 e. The minimum Gasteiger partial charge on any atom is -0.472 e. The Morgan fingerprint density at radius 1 is 1.29 bits per heavy atom. The molecule has 2 heterocycles. The van der Waals surface area contributed by atoms with Gasteiger partial charge in [0.2, 0.25) is 0 Å². The lowest BCUT2D eigenvalue weighted by molar-refractivity contribution is -0.384. The van der Waals surface area contributed by atoms with E-state index in [0.29, 0.717) is 22.4 Å². The molecule has 0 spiro atoms. The van der Waals surface area contributed by atoms with Gasteiger partial charge in [0.05, 0.1) is 16.7 Å². The van der Waals surface area contributed by atoms with Gasteiger partial charge in [-0.15, -0.1) is 10.2 Å². The molecule has 3 rings (SSSR count). The second-order valence-electron chi connectivity index (χ2n) is 4.10. The van der Waals surface area contributed by atoms with Crippen molar-refractivity contribution in [2.24, 2.45) is 0 Å². The predicted octanol–water partition coefficient (Wildman–Crippen LogP) is 3.53. The monoisotopic (exact) mass is 303 g/mol. The third kappa shape index (κ3) is 3.11. The number of hydrogen-bond donors (Lipinski definition) is 0. The summed E-state index contributed by atoms with van der Waals surface area (Å²) in [5.74, 6) is 0.889. The zero-order chi connectivity index (χ0) is 14.7. The standard InChI is InChI=1S/C13H9N3O4S/c17-16(18)11-3-1-2-9(6-11)8-21-13-15-14-12(20-13)10-4-5-19-7-10/h1-7H,8H2. The Bertz CT molecular complexity index is 754. The van der Waals surface area contributed by atoms with Gasteiger partial charge < -0.3 is 8.83 Å². The number of nitro benzene ring substituents is 1. The van der Waals surface area contributed by atoms with Gasteiger partial charge in [0.25, 0.3) is 16.8 Å². The van der Waals surface area contributed by atoms with Crippen LogP contribution in [0.1, 0.15) is 5.56 Å². The number of thioether (sulfide) groups is 1. The van der Waals surface area contributed by atoms with E-state index in [1.54, 1.807) is 12.1 Å². The first-order valence-corrected chi connectivity index (χ1v) is 6.93. The molecule has 0 unspecified atom stereocenters. The average Bonchev–Trinajstić information content (AvgIpc) is 3.16. The Balaban J connectivity index is 1.68. The van der Waals surface area contributed by atoms with Gasteiger partial charge in [-0.2, -0.15) is 0 Å². The zero-order valence-electron chi connectivity index (χ0n) is 10.6. The molecule has 1 aromatic carbocycles. The van der Waals surface area contributed by atoms with E-state index < -0.39 is 4.92 Å². The Hall–Kier alpha value is -2.61. The van der Waals surface area contributed by atoms with Crippen molar-refractivity contribution >= 4 is 17.4 Å². The van der Waals surface area contributed by atoms with E-state index in [-0.39, 0.29) is 5.69 Å². The first-order valence-electron chi connectivity index (χ1n) is 5.94. The van der Waals surface area contributed by atoms with Gasteiger partial charge in [-0.05, 0) is 11.6 Å². The van der Waals surface area contributed by atoms with Crippen molar-refractivity contribution in [3.05, 3.63) is 58.5 Å². The highest BCUT2D eigenvalue weighted by Gasteiger charge is 2.11. The summed E-state index contributed by atoms with van der Waals surface area (Å²) in [5, 5.41) is 18.9. The normalized spacial score (nSPS) is 10.7. The van der Waals surface area contributed by atoms with Crippen LogP contribution in [0.4, 0.5) is 5.69 Å². The molecule has 0 aliphatic heterocycles. The second-order valence-corrected chi connectivity index (χ2v) is 5.03. The lowest BCUT2D eigenvalue weighted by Crippen LogP contribution is -1.89. The second kappa shape index (κ2) is 5.80. The van der Waals surface area contributed by atoms with E-state index in [1.165, 1.54) is 36.4 Å². The fraction of sp³-hybridized carbons (Fsp3) is 0.0769. The molecule has 7 nitrogen and oxygen atoms in total. The van der Waals surface area contributed by atoms with Crippen LogP contribution in [-0.2, 0) is 5.75 Å². The van der Waals surface area contributed by atoms with Crippen molar-refractivity contribution in [2.45, 2.75) is 11.0 Å². The topological polar surface area (TPSA) is 95.2 Å². The Morgan fingerprint density at radius 3 is 2.95 bits per heavy atom. The van der Waals surface area contributed by atoms with Crippen LogP contribution in [0.15, 0.2) is 56.9 Å². The smallest absolute Gasteiger partial charge is 0.277 e. The minimum absolute atomic E-state index is 0.0673. The molecular weight excluding hydrogens is 294 g/mol. The van der Waals surface area contributed by atoms with Gasteiger partial charge in [-0.1, -0.05) is 23.9 Å². The van der Waals surface area contributed by atoms with Crippen molar-refractivity contribution in [3.63, 3.8) is 0 Å². The summed E-state index contributed by atoms with van der Waals surface area (Å²) in [6.07, 6.45) is 3.04. The summed E-state index contributed by atoms with van der Waals surface area (Å²) in [7, 11) is 0. The quantitative estimate of drug-likeness (QED) is 0.404. The lowest BCUT2D eigenvalue weighted by atomic mass is 10.2. The maximum atomic E-state index is 10.7. The van der Waals surface area contributed by atoms with Crippen molar-refractivity contribution in [1.82, 2.24) is 10.2 Å². The van der Waals surface area contributed by atoms with Crippen molar-refractivity contribution < 1.29 is 13.8 Å². The van der Waals surface area contributed by atoms with Gasteiger partial charge >= 0.3 is 0 Å². The molecule has 21 heavy (non-hydrogen) atoms. The molecule has 0 saturated carbocycles. The first kappa shape index (κ1) is 13.4. The highest BCUT2D eigenvalue weighted by atomic mass is 32.2. The number of benzene rings is 1. The summed E-state index contributed by atoms with van der Waals surface area (Å²) < 4.78 is 10.4. The number of nitrogens with zero attached hydrogens (tertiary/aromatic N) is 3. The first-order chi connectivity index (χ1) is 10.2. The van der Waals surface area contributed by atoms with Crippen LogP contribution >= 0.6 is 11.8 Å². The molecule has 0 atom stereocenters. The molecule has 0 saturated heterocycles. The molecule has 2 aromatic heterocycles. The minimum atomic E-state index is -0.419. The summed E-state index contributed by atoms with van der Waals surface area (Å²) in [6.45, 7) is 0. The van der Waals surface area contributed by atoms with Crippen molar-refractivity contribution in [1.29, 1.82) is 0 Å². The summed E-state index contributed by atoms with van der Waals surface area (Å²) >= 11 is 1.32. The zero-order valence-corrected chi connectivity index (χ0v) is 11.4. The molecule has 0 fully saturated rings. The molecule has 106 valence electrons. The Labute approximate surface area is 123 Å². The number of rotatable bonds is 5. The van der Waals surface area contributed by atoms with Gasteiger partial charge in [-0.3, -0.25) is 10.1 Å². The summed E-state index contributed by atoms with van der Waals surface area (Å²) in [6, 6.07) is 8.17. The maximum absolute atomic E-state index is 10.7. The Kier molecular flexibility index (Phi) is 3.69. The third-order valence-corrected chi connectivity index (χ3v) is 3.55. The van der Waals surface area contributed by atoms with Gasteiger partial charge in [0, 0.05) is 17.9 Å². The van der Waals surface area contributed by atoms with Crippen LogP contribution in [0.5, 0.6) is 0 Å². The molecular formula is C13H9N3O4S. The van der Waals surface area contributed by atoms with Crippen LogP contribution in [-0.4, -0.2) is 15.1 Å². The number of nitro groups is 1. The molecule has 0 N–H and O–H groups in total. The van der Waals surface area contributed by atoms with E-state index >= 15 is 0 Å². The highest BCUT2D eigenvalue weighted by molar-refractivity contribution is 7.98. The summed E-state index contributed by atoms with van der Waals surface area (Å²) in [5.41, 5.74) is 1.60. The van der Waals surface area contributed by atoms with Gasteiger partial charge in [0.15, 0.2) is 0 Å². The third-order valence-electron chi connectivity index (χ3n) is 2.66. The van der Waals surface area contributed by atoms with Crippen LogP contribution in [0.3, 0.4) is 0 Å². The molecule has 0 amide bonds. The number of non-ortho nitro benzene ring substituents is 1. The number of aromatic nitrogens is 2. The van der Waals surface area contributed by atoms with Crippen LogP contribution < -0.4 is 0 Å². The van der Waals surface area contributed by atoms with E-state index in [0.717, 1.165) is 5.56 Å². The van der Waals surface area contributed by atoms with E-state index in [2.05, 4.69) is 10.2 Å². The van der Waals surface area contributed by atoms with Gasteiger partial charge in [0.1, 0.15) is 6.26 Å².